The Bertz CT molecular complexity index is 1030. The van der Waals surface area contributed by atoms with Gasteiger partial charge in [0.25, 0.3) is 5.91 Å². The van der Waals surface area contributed by atoms with Crippen LogP contribution in [-0.4, -0.2) is 43.2 Å². The number of likely N-dealkylation sites (tertiary alicyclic amines) is 1. The Morgan fingerprint density at radius 3 is 2.55 bits per heavy atom. The molecule has 3 aromatic rings. The number of nitrogens with zero attached hydrogens (tertiary/aromatic N) is 5. The number of primary amides is 1. The Hall–Kier alpha value is -2.64. The average Bonchev–Trinajstić information content (AvgIpc) is 3.27. The predicted molar refractivity (Wildman–Crippen MR) is 110 cm³/mol. The zero-order valence-electron chi connectivity index (χ0n) is 16.0. The van der Waals surface area contributed by atoms with E-state index in [1.807, 2.05) is 45.9 Å². The summed E-state index contributed by atoms with van der Waals surface area (Å²) in [6.07, 6.45) is 8.35. The minimum Gasteiger partial charge on any atom is -0.363 e. The monoisotopic (exact) mass is 410 g/mol. The minimum absolute atomic E-state index is 0.251. The molecule has 1 aliphatic carbocycles. The molecule has 2 fully saturated rings. The molecule has 7 nitrogen and oxygen atoms in total. The Balaban J connectivity index is 1.19. The molecule has 5 rings (SSSR count). The highest BCUT2D eigenvalue weighted by Crippen LogP contribution is 2.40. The van der Waals surface area contributed by atoms with Gasteiger partial charge >= 0.3 is 0 Å². The van der Waals surface area contributed by atoms with Gasteiger partial charge in [-0.2, -0.15) is 5.10 Å². The maximum atomic E-state index is 11.8. The van der Waals surface area contributed by atoms with E-state index in [0.29, 0.717) is 11.7 Å². The molecule has 29 heavy (non-hydrogen) atoms. The van der Waals surface area contributed by atoms with E-state index < -0.39 is 5.91 Å². The highest BCUT2D eigenvalue weighted by atomic mass is 35.5. The topological polar surface area (TPSA) is 82.0 Å². The molecule has 3 heterocycles. The summed E-state index contributed by atoms with van der Waals surface area (Å²) in [6.45, 7) is 3.32. The van der Waals surface area contributed by atoms with Crippen molar-refractivity contribution in [2.75, 3.05) is 13.1 Å². The molecule has 2 aromatic heterocycles. The van der Waals surface area contributed by atoms with Gasteiger partial charge in [-0.15, -0.1) is 0 Å². The molecule has 1 saturated heterocycles. The van der Waals surface area contributed by atoms with E-state index >= 15 is 0 Å². The maximum Gasteiger partial charge on any atom is 0.284 e. The largest absolute Gasteiger partial charge is 0.363 e. The van der Waals surface area contributed by atoms with Crippen LogP contribution < -0.4 is 5.73 Å². The number of carbonyl (C=O) groups is 1. The van der Waals surface area contributed by atoms with E-state index in [1.54, 1.807) is 0 Å². The number of hydrogen-bond donors (Lipinski definition) is 1. The fourth-order valence-corrected chi connectivity index (χ4v) is 4.03. The summed E-state index contributed by atoms with van der Waals surface area (Å²) >= 11 is 5.94. The van der Waals surface area contributed by atoms with Gasteiger partial charge in [-0.3, -0.25) is 14.4 Å². The smallest absolute Gasteiger partial charge is 0.284 e. The highest BCUT2D eigenvalue weighted by Gasteiger charge is 2.34. The first-order valence-electron chi connectivity index (χ1n) is 9.92. The second-order valence-electron chi connectivity index (χ2n) is 8.06. The number of aromatic nitrogens is 4. The molecule has 2 N–H and O–H groups in total. The number of imidazole rings is 1. The first kappa shape index (κ1) is 18.4. The highest BCUT2D eigenvalue weighted by molar-refractivity contribution is 6.30. The van der Waals surface area contributed by atoms with Crippen LogP contribution in [0.1, 0.15) is 52.2 Å². The Kier molecular flexibility index (Phi) is 4.64. The van der Waals surface area contributed by atoms with Gasteiger partial charge < -0.3 is 10.3 Å². The molecule has 1 amide bonds. The normalized spacial score (nSPS) is 17.4. The van der Waals surface area contributed by atoms with Crippen molar-refractivity contribution in [2.45, 2.75) is 37.9 Å². The van der Waals surface area contributed by atoms with Gasteiger partial charge in [0.15, 0.2) is 5.82 Å². The van der Waals surface area contributed by atoms with E-state index in [9.17, 15) is 4.79 Å². The summed E-state index contributed by atoms with van der Waals surface area (Å²) in [5, 5.41) is 5.21. The van der Waals surface area contributed by atoms with Crippen LogP contribution in [-0.2, 0) is 13.1 Å². The number of benzene rings is 1. The van der Waals surface area contributed by atoms with E-state index in [4.69, 9.17) is 17.3 Å². The third-order valence-corrected chi connectivity index (χ3v) is 5.90. The Morgan fingerprint density at radius 2 is 1.86 bits per heavy atom. The third kappa shape index (κ3) is 3.93. The molecule has 0 spiro atoms. The zero-order valence-corrected chi connectivity index (χ0v) is 16.8. The molecule has 1 aliphatic heterocycles. The lowest BCUT2D eigenvalue weighted by molar-refractivity contribution is 0.0881. The molecule has 1 saturated carbocycles. The van der Waals surface area contributed by atoms with Crippen molar-refractivity contribution < 1.29 is 4.79 Å². The van der Waals surface area contributed by atoms with Crippen molar-refractivity contribution in [1.29, 1.82) is 0 Å². The Morgan fingerprint density at radius 1 is 1.10 bits per heavy atom. The van der Waals surface area contributed by atoms with Crippen LogP contribution in [0.3, 0.4) is 0 Å². The first-order valence-corrected chi connectivity index (χ1v) is 10.3. The van der Waals surface area contributed by atoms with Gasteiger partial charge in [0, 0.05) is 48.5 Å². The number of halogens is 1. The molecule has 0 atom stereocenters. The van der Waals surface area contributed by atoms with Gasteiger partial charge in [0.05, 0.1) is 24.5 Å². The number of carbonyl (C=O) groups excluding carboxylic acids is 1. The van der Waals surface area contributed by atoms with E-state index in [-0.39, 0.29) is 6.04 Å². The predicted octanol–water partition coefficient (Wildman–Crippen LogP) is 2.81. The van der Waals surface area contributed by atoms with Gasteiger partial charge in [-0.1, -0.05) is 23.7 Å². The molecule has 1 aromatic carbocycles. The standard InChI is InChI=1S/C21H23ClN6O/c22-17-5-1-14(2-6-17)9-27-10-15(7-24-27)8-26-11-18(12-26)28-13-19(16-3-4-16)25-21(28)20(23)29/h1-2,5-7,10,13,16,18H,3-4,8-9,11-12H2,(H2,23,29). The average molecular weight is 411 g/mol. The summed E-state index contributed by atoms with van der Waals surface area (Å²) in [5.74, 6) is 0.461. The van der Waals surface area contributed by atoms with Crippen molar-refractivity contribution in [2.24, 2.45) is 5.73 Å². The first-order chi connectivity index (χ1) is 14.0. The van der Waals surface area contributed by atoms with Crippen LogP contribution >= 0.6 is 11.6 Å². The summed E-state index contributed by atoms with van der Waals surface area (Å²) < 4.78 is 3.93. The molecule has 8 heteroatoms. The molecule has 0 radical (unpaired) electrons. The van der Waals surface area contributed by atoms with Gasteiger partial charge in [0.1, 0.15) is 0 Å². The van der Waals surface area contributed by atoms with Crippen LogP contribution in [0.4, 0.5) is 0 Å². The van der Waals surface area contributed by atoms with Gasteiger partial charge in [-0.25, -0.2) is 4.98 Å². The maximum absolute atomic E-state index is 11.8. The van der Waals surface area contributed by atoms with Crippen molar-refractivity contribution in [3.63, 3.8) is 0 Å². The van der Waals surface area contributed by atoms with Crippen molar-refractivity contribution in [3.8, 4) is 0 Å². The summed E-state index contributed by atoms with van der Waals surface area (Å²) in [5.41, 5.74) is 8.90. The van der Waals surface area contributed by atoms with E-state index in [2.05, 4.69) is 21.2 Å². The molecule has 150 valence electrons. The van der Waals surface area contributed by atoms with Crippen LogP contribution in [0.25, 0.3) is 0 Å². The summed E-state index contributed by atoms with van der Waals surface area (Å²) in [6, 6.07) is 8.07. The number of hydrogen-bond acceptors (Lipinski definition) is 4. The fraction of sp³-hybridized carbons (Fsp3) is 0.381. The van der Waals surface area contributed by atoms with Gasteiger partial charge in [0.2, 0.25) is 0 Å². The number of nitrogens with two attached hydrogens (primary N) is 1. The van der Waals surface area contributed by atoms with Crippen molar-refractivity contribution in [3.05, 3.63) is 70.5 Å². The zero-order chi connectivity index (χ0) is 20.0. The van der Waals surface area contributed by atoms with Crippen LogP contribution in [0.5, 0.6) is 0 Å². The fourth-order valence-electron chi connectivity index (χ4n) is 3.91. The quantitative estimate of drug-likeness (QED) is 0.649. The van der Waals surface area contributed by atoms with Crippen LogP contribution in [0, 0.1) is 0 Å². The van der Waals surface area contributed by atoms with Gasteiger partial charge in [-0.05, 0) is 30.5 Å². The van der Waals surface area contributed by atoms with E-state index in [0.717, 1.165) is 49.7 Å². The third-order valence-electron chi connectivity index (χ3n) is 5.65. The minimum atomic E-state index is -0.446. The summed E-state index contributed by atoms with van der Waals surface area (Å²) in [7, 11) is 0. The molecular formula is C21H23ClN6O. The SMILES string of the molecule is NC(=O)c1nc(C2CC2)cn1C1CN(Cc2cnn(Cc3ccc(Cl)cc3)c2)C1. The number of amides is 1. The van der Waals surface area contributed by atoms with Crippen LogP contribution in [0.15, 0.2) is 42.9 Å². The van der Waals surface area contributed by atoms with E-state index in [1.165, 1.54) is 11.1 Å². The Labute approximate surface area is 174 Å². The summed E-state index contributed by atoms with van der Waals surface area (Å²) in [4.78, 5) is 18.6. The lowest BCUT2D eigenvalue weighted by Gasteiger charge is -2.40. The second-order valence-corrected chi connectivity index (χ2v) is 8.49. The number of rotatable bonds is 7. The lowest BCUT2D eigenvalue weighted by Crippen LogP contribution is -2.47. The molecule has 0 unspecified atom stereocenters. The van der Waals surface area contributed by atoms with Crippen molar-refractivity contribution >= 4 is 17.5 Å². The van der Waals surface area contributed by atoms with Crippen LogP contribution in [0.2, 0.25) is 5.02 Å². The molecule has 2 aliphatic rings. The molecular weight excluding hydrogens is 388 g/mol. The lowest BCUT2D eigenvalue weighted by atomic mass is 10.1. The second kappa shape index (κ2) is 7.31. The molecule has 0 bridgehead atoms. The van der Waals surface area contributed by atoms with Crippen molar-refractivity contribution in [1.82, 2.24) is 24.2 Å².